The molecule has 0 bridgehead atoms. The van der Waals surface area contributed by atoms with Gasteiger partial charge in [-0.05, 0) is 13.8 Å². The summed E-state index contributed by atoms with van der Waals surface area (Å²) in [6, 6.07) is 0. The van der Waals surface area contributed by atoms with Gasteiger partial charge in [-0.1, -0.05) is 12.2 Å². The molecule has 0 aromatic heterocycles. The second-order valence-corrected chi connectivity index (χ2v) is 0.667. The molecule has 0 fully saturated rings. The van der Waals surface area contributed by atoms with Gasteiger partial charge in [-0.15, -0.1) is 17.0 Å². The molecule has 0 aromatic carbocycles. The third-order valence-corrected chi connectivity index (χ3v) is 0.333. The maximum absolute atomic E-state index is 2.00. The van der Waals surface area contributed by atoms with E-state index < -0.39 is 0 Å². The van der Waals surface area contributed by atoms with Crippen LogP contribution in [0, 0.1) is 0 Å². The molecule has 0 nitrogen and oxygen atoms in total. The molecule has 0 aliphatic carbocycles. The van der Waals surface area contributed by atoms with Gasteiger partial charge >= 0.3 is 23.1 Å². The largest absolute Gasteiger partial charge is 0.316 e. The van der Waals surface area contributed by atoms with E-state index in [1.54, 1.807) is 0 Å². The lowest BCUT2D eigenvalue weighted by molar-refractivity contribution is 1.64. The van der Waals surface area contributed by atoms with Gasteiger partial charge in [0.2, 0.25) is 0 Å². The molecule has 0 amide bonds. The predicted octanol–water partition coefficient (Wildman–Crippen LogP) is 1.24. The molecule has 0 aliphatic rings. The Morgan fingerprint density at radius 3 is 1.17 bits per heavy atom. The van der Waals surface area contributed by atoms with E-state index in [1.165, 1.54) is 0 Å². The van der Waals surface area contributed by atoms with E-state index in [9.17, 15) is 0 Å². The van der Waals surface area contributed by atoms with Crippen LogP contribution in [0.4, 0.5) is 0 Å². The van der Waals surface area contributed by atoms with Crippen molar-refractivity contribution < 1.29 is 0 Å². The molecule has 0 unspecified atom stereocenters. The maximum atomic E-state index is 2.00. The lowest BCUT2D eigenvalue weighted by Crippen LogP contribution is -1.26. The minimum atomic E-state index is 0. The van der Waals surface area contributed by atoms with E-state index in [2.05, 4.69) is 0 Å². The highest BCUT2D eigenvalue weighted by Crippen LogP contribution is 1.57. The molecule has 36 valence electrons. The fourth-order valence-corrected chi connectivity index (χ4v) is 0. The molecule has 0 aliphatic heterocycles. The Morgan fingerprint density at radius 1 is 1.00 bits per heavy atom. The molecule has 0 saturated heterocycles. The molecule has 0 N–H and O–H groups in total. The van der Waals surface area contributed by atoms with E-state index in [-0.39, 0.29) is 40.0 Å². The van der Waals surface area contributed by atoms with Crippen molar-refractivity contribution in [3.63, 3.8) is 0 Å². The summed E-state index contributed by atoms with van der Waals surface area (Å²) in [6.45, 7) is 4.00. The zero-order chi connectivity index (χ0) is 3.41. The number of allylic oxidation sites excluding steroid dienone is 2. The normalized spacial score (nSPS) is 6.33. The van der Waals surface area contributed by atoms with Crippen molar-refractivity contribution in [2.45, 2.75) is 13.8 Å². The molecular weight excluding hydrogens is 152 g/mol. The summed E-state index contributed by atoms with van der Waals surface area (Å²) < 4.78 is 0. The van der Waals surface area contributed by atoms with E-state index in [1.807, 2.05) is 26.0 Å². The van der Waals surface area contributed by atoms with Crippen LogP contribution in [0.3, 0.4) is 0 Å². The van der Waals surface area contributed by atoms with Crippen LogP contribution in [0.25, 0.3) is 0 Å². The highest BCUT2D eigenvalue weighted by molar-refractivity contribution is 8.93. The topological polar surface area (TPSA) is 0 Å². The zero-order valence-corrected chi connectivity index (χ0v) is 5.28. The molecule has 0 radical (unpaired) electrons. The molecule has 0 rings (SSSR count). The fraction of sp³-hybridized carbons (Fsp3) is 0.500. The average Bonchev–Trinajstić information content (AvgIpc) is 1.37. The van der Waals surface area contributed by atoms with Crippen LogP contribution in [0.2, 0.25) is 0 Å². The Hall–Kier alpha value is 0.986. The van der Waals surface area contributed by atoms with Crippen molar-refractivity contribution in [3.05, 3.63) is 12.2 Å². The summed E-state index contributed by atoms with van der Waals surface area (Å²) >= 11 is 0. The minimum absolute atomic E-state index is 0. The van der Waals surface area contributed by atoms with Crippen molar-refractivity contribution in [1.29, 1.82) is 0 Å². The van der Waals surface area contributed by atoms with Crippen molar-refractivity contribution in [2.75, 3.05) is 0 Å². The van der Waals surface area contributed by atoms with E-state index in [4.69, 9.17) is 0 Å². The van der Waals surface area contributed by atoms with Crippen molar-refractivity contribution in [2.24, 2.45) is 0 Å². The van der Waals surface area contributed by atoms with Gasteiger partial charge in [0.25, 0.3) is 0 Å². The third-order valence-electron chi connectivity index (χ3n) is 0.333. The van der Waals surface area contributed by atoms with Gasteiger partial charge in [-0.25, -0.2) is 0 Å². The Labute approximate surface area is 65.9 Å². The second kappa shape index (κ2) is 16.7. The second-order valence-electron chi connectivity index (χ2n) is 0.667. The summed E-state index contributed by atoms with van der Waals surface area (Å²) in [4.78, 5) is 0. The van der Waals surface area contributed by atoms with E-state index in [0.717, 1.165) is 0 Å². The molecule has 0 heterocycles. The van der Waals surface area contributed by atoms with Gasteiger partial charge in [-0.2, -0.15) is 0 Å². The van der Waals surface area contributed by atoms with Crippen LogP contribution in [0.15, 0.2) is 12.2 Å². The molecule has 0 spiro atoms. The highest BCUT2D eigenvalue weighted by atomic mass is 79.9. The summed E-state index contributed by atoms with van der Waals surface area (Å²) in [5.74, 6) is 0. The van der Waals surface area contributed by atoms with Crippen LogP contribution in [0.5, 0.6) is 0 Å². The van der Waals surface area contributed by atoms with Crippen LogP contribution < -0.4 is 0 Å². The summed E-state index contributed by atoms with van der Waals surface area (Å²) in [5.41, 5.74) is 0. The number of rotatable bonds is 0. The van der Waals surface area contributed by atoms with Crippen LogP contribution in [0.1, 0.15) is 13.8 Å². The standard InChI is InChI=1S/C4H8.BrH.Mg.2H/c1-3-4-2;;;;/h3-4H,1-2H3;1H;;;/b4-3+;;;;. The summed E-state index contributed by atoms with van der Waals surface area (Å²) in [6.07, 6.45) is 4.00. The number of halogens is 1. The van der Waals surface area contributed by atoms with Gasteiger partial charge in [0, 0.05) is 0 Å². The Balaban J connectivity index is -0.0000000450. The average molecular weight is 163 g/mol. The third kappa shape index (κ3) is 20.1. The lowest BCUT2D eigenvalue weighted by Gasteiger charge is -1.49. The van der Waals surface area contributed by atoms with Gasteiger partial charge in [-0.3, -0.25) is 0 Å². The number of hydrogen-bond acceptors (Lipinski definition) is 0. The van der Waals surface area contributed by atoms with Crippen molar-refractivity contribution in [1.82, 2.24) is 0 Å². The molecule has 0 aromatic rings. The molecule has 6 heavy (non-hydrogen) atoms. The maximum Gasteiger partial charge on any atom is 0.316 e. The van der Waals surface area contributed by atoms with Gasteiger partial charge in [0.1, 0.15) is 0 Å². The van der Waals surface area contributed by atoms with Gasteiger partial charge < -0.3 is 0 Å². The molecule has 2 heteroatoms. The molecular formula is C4H11BrMg. The Morgan fingerprint density at radius 2 is 1.17 bits per heavy atom. The molecule has 0 saturated carbocycles. The van der Waals surface area contributed by atoms with Gasteiger partial charge in [0.15, 0.2) is 0 Å². The first-order valence-electron chi connectivity index (χ1n) is 1.49. The smallest absolute Gasteiger partial charge is 0.114 e. The van der Waals surface area contributed by atoms with Crippen LogP contribution in [-0.4, -0.2) is 23.1 Å². The lowest BCUT2D eigenvalue weighted by atomic mass is 10.6. The summed E-state index contributed by atoms with van der Waals surface area (Å²) in [5, 5.41) is 0. The molecule has 0 atom stereocenters. The van der Waals surface area contributed by atoms with Crippen molar-refractivity contribution >= 4 is 40.0 Å². The Kier molecular flexibility index (Phi) is 43.8. The monoisotopic (exact) mass is 162 g/mol. The minimum Gasteiger partial charge on any atom is -0.114 e. The van der Waals surface area contributed by atoms with E-state index >= 15 is 0 Å². The quantitative estimate of drug-likeness (QED) is 0.372. The summed E-state index contributed by atoms with van der Waals surface area (Å²) in [7, 11) is 0. The van der Waals surface area contributed by atoms with Crippen molar-refractivity contribution in [3.8, 4) is 0 Å². The van der Waals surface area contributed by atoms with Gasteiger partial charge in [0.05, 0.1) is 0 Å². The first kappa shape index (κ1) is 15.8. The zero-order valence-electron chi connectivity index (χ0n) is 3.56. The Bertz CT molecular complexity index is 22.7. The highest BCUT2D eigenvalue weighted by Gasteiger charge is 1.34. The SMILES string of the molecule is Br.C/C=C/C.[MgH2]. The first-order valence-corrected chi connectivity index (χ1v) is 1.49. The number of hydrogen-bond donors (Lipinski definition) is 0. The first-order chi connectivity index (χ1) is 1.91. The van der Waals surface area contributed by atoms with Crippen LogP contribution >= 0.6 is 17.0 Å². The van der Waals surface area contributed by atoms with E-state index in [0.29, 0.717) is 0 Å². The fourth-order valence-electron chi connectivity index (χ4n) is 0. The van der Waals surface area contributed by atoms with Crippen LogP contribution in [-0.2, 0) is 0 Å². The predicted molar refractivity (Wildman–Crippen MR) is 39.4 cm³/mol.